The molecule has 3 heterocycles. The molecular formula is C30H23N3O. The Morgan fingerprint density at radius 1 is 0.882 bits per heavy atom. The first-order chi connectivity index (χ1) is 16.8. The molecule has 2 aromatic heterocycles. The van der Waals surface area contributed by atoms with Gasteiger partial charge in [0.05, 0.1) is 28.2 Å². The van der Waals surface area contributed by atoms with E-state index in [4.69, 9.17) is 10.6 Å². The van der Waals surface area contributed by atoms with Gasteiger partial charge >= 0.3 is 0 Å². The molecule has 8 rings (SSSR count). The lowest BCUT2D eigenvalue weighted by Crippen LogP contribution is -2.21. The van der Waals surface area contributed by atoms with Crippen LogP contribution in [0.5, 0.6) is 5.75 Å². The summed E-state index contributed by atoms with van der Waals surface area (Å²) in [6, 6.07) is 21.4. The van der Waals surface area contributed by atoms with E-state index in [0.29, 0.717) is 0 Å². The first-order valence-electron chi connectivity index (χ1n) is 12.0. The van der Waals surface area contributed by atoms with E-state index in [-0.39, 0.29) is 12.0 Å². The van der Waals surface area contributed by atoms with Crippen LogP contribution in [0, 0.1) is 0 Å². The lowest BCUT2D eigenvalue weighted by atomic mass is 9.82. The summed E-state index contributed by atoms with van der Waals surface area (Å²) in [4.78, 5) is 0. The van der Waals surface area contributed by atoms with Gasteiger partial charge in [0, 0.05) is 27.4 Å². The summed E-state index contributed by atoms with van der Waals surface area (Å²) in [6.07, 6.45) is 13.3. The average molecular weight is 442 g/mol. The standard InChI is InChI=1S/C30H23N3O/c31-33-21-12-6-4-10-19(21)27-24(33)15-14-22-29(27)30-23(32(22)18-8-2-1-3-9-18)16-17-26-28(30)20-11-5-7-13-25(20)34-26/h1-2,4-8,10-17,26,28H,3,9,31H2. The van der Waals surface area contributed by atoms with Gasteiger partial charge in [-0.3, -0.25) is 4.68 Å². The highest BCUT2D eigenvalue weighted by molar-refractivity contribution is 6.22. The van der Waals surface area contributed by atoms with Crippen molar-refractivity contribution in [2.45, 2.75) is 24.9 Å². The van der Waals surface area contributed by atoms with Crippen LogP contribution in [0.4, 0.5) is 0 Å². The van der Waals surface area contributed by atoms with Gasteiger partial charge in [-0.25, -0.2) is 0 Å². The van der Waals surface area contributed by atoms with E-state index in [9.17, 15) is 0 Å². The summed E-state index contributed by atoms with van der Waals surface area (Å²) < 4.78 is 10.7. The van der Waals surface area contributed by atoms with Crippen molar-refractivity contribution in [2.75, 3.05) is 5.84 Å². The van der Waals surface area contributed by atoms with Crippen LogP contribution in [0.3, 0.4) is 0 Å². The summed E-state index contributed by atoms with van der Waals surface area (Å²) in [5.74, 6) is 7.77. The van der Waals surface area contributed by atoms with Crippen molar-refractivity contribution in [2.24, 2.45) is 0 Å². The van der Waals surface area contributed by atoms with Gasteiger partial charge in [-0.15, -0.1) is 0 Å². The van der Waals surface area contributed by atoms with Gasteiger partial charge in [0.15, 0.2) is 0 Å². The molecule has 0 spiro atoms. The van der Waals surface area contributed by atoms with Crippen LogP contribution >= 0.6 is 0 Å². The van der Waals surface area contributed by atoms with Gasteiger partial charge < -0.3 is 15.1 Å². The summed E-state index contributed by atoms with van der Waals surface area (Å²) >= 11 is 0. The summed E-state index contributed by atoms with van der Waals surface area (Å²) in [6.45, 7) is 0. The number of nitrogens with zero attached hydrogens (tertiary/aromatic N) is 2. The predicted molar refractivity (Wildman–Crippen MR) is 139 cm³/mol. The van der Waals surface area contributed by atoms with Gasteiger partial charge in [-0.05, 0) is 60.9 Å². The zero-order valence-electron chi connectivity index (χ0n) is 18.6. The van der Waals surface area contributed by atoms with Crippen LogP contribution in [0.25, 0.3) is 44.5 Å². The molecule has 0 bridgehead atoms. The third kappa shape index (κ3) is 2.18. The molecule has 164 valence electrons. The number of allylic oxidation sites excluding steroid dienone is 4. The second-order valence-electron chi connectivity index (χ2n) is 9.46. The van der Waals surface area contributed by atoms with Crippen molar-refractivity contribution in [1.29, 1.82) is 0 Å². The molecule has 3 aliphatic rings. The van der Waals surface area contributed by atoms with E-state index in [0.717, 1.165) is 29.6 Å². The third-order valence-corrected chi connectivity index (χ3v) is 7.76. The molecule has 5 aromatic rings. The Hall–Kier alpha value is -4.18. The maximum atomic E-state index is 6.63. The minimum Gasteiger partial charge on any atom is -0.485 e. The molecule has 0 fully saturated rings. The molecule has 4 heteroatoms. The molecule has 2 atom stereocenters. The lowest BCUT2D eigenvalue weighted by molar-refractivity contribution is 0.267. The van der Waals surface area contributed by atoms with Crippen molar-refractivity contribution in [3.05, 3.63) is 102 Å². The maximum Gasteiger partial charge on any atom is 0.128 e. The van der Waals surface area contributed by atoms with Gasteiger partial charge in [0.25, 0.3) is 0 Å². The molecule has 3 aromatic carbocycles. The number of hydrogen-bond acceptors (Lipinski definition) is 2. The number of aromatic nitrogens is 2. The molecule has 0 amide bonds. The molecule has 2 aliphatic carbocycles. The predicted octanol–water partition coefficient (Wildman–Crippen LogP) is 6.57. The van der Waals surface area contributed by atoms with Crippen molar-refractivity contribution in [1.82, 2.24) is 9.24 Å². The number of fused-ring (bicyclic) bond motifs is 11. The quantitative estimate of drug-likeness (QED) is 0.299. The zero-order valence-corrected chi connectivity index (χ0v) is 18.6. The molecule has 2 N–H and O–H groups in total. The highest BCUT2D eigenvalue weighted by Crippen LogP contribution is 2.52. The smallest absolute Gasteiger partial charge is 0.128 e. The van der Waals surface area contributed by atoms with Crippen LogP contribution in [0.2, 0.25) is 0 Å². The number of benzene rings is 3. The first kappa shape index (κ1) is 18.3. The van der Waals surface area contributed by atoms with Crippen molar-refractivity contribution < 1.29 is 4.74 Å². The Kier molecular flexibility index (Phi) is 3.46. The van der Waals surface area contributed by atoms with Crippen molar-refractivity contribution in [3.63, 3.8) is 0 Å². The van der Waals surface area contributed by atoms with E-state index in [1.54, 1.807) is 0 Å². The number of para-hydroxylation sites is 2. The minimum atomic E-state index is 0.00524. The number of hydrogen-bond donors (Lipinski definition) is 1. The molecule has 0 saturated heterocycles. The average Bonchev–Trinajstić information content (AvgIpc) is 3.52. The summed E-state index contributed by atoms with van der Waals surface area (Å²) in [7, 11) is 0. The molecule has 0 saturated carbocycles. The number of nitrogens with two attached hydrogens (primary N) is 1. The maximum absolute atomic E-state index is 6.63. The van der Waals surface area contributed by atoms with E-state index in [1.165, 1.54) is 44.2 Å². The fourth-order valence-corrected chi connectivity index (χ4v) is 6.37. The highest BCUT2D eigenvalue weighted by Gasteiger charge is 2.40. The fraction of sp³-hybridized carbons (Fsp3) is 0.133. The Balaban J connectivity index is 1.59. The second-order valence-corrected chi connectivity index (χ2v) is 9.46. The van der Waals surface area contributed by atoms with E-state index in [2.05, 4.69) is 95.6 Å². The summed E-state index contributed by atoms with van der Waals surface area (Å²) in [5.41, 5.74) is 8.57. The Bertz CT molecular complexity index is 1760. The normalized spacial score (nSPS) is 20.4. The Labute approximate surface area is 196 Å². The molecular weight excluding hydrogens is 418 g/mol. The van der Waals surface area contributed by atoms with Crippen molar-refractivity contribution >= 4 is 44.5 Å². The van der Waals surface area contributed by atoms with E-state index >= 15 is 0 Å². The lowest BCUT2D eigenvalue weighted by Gasteiger charge is -2.23. The van der Waals surface area contributed by atoms with Crippen LogP contribution in [0.1, 0.15) is 35.6 Å². The zero-order chi connectivity index (χ0) is 22.4. The molecule has 1 aliphatic heterocycles. The van der Waals surface area contributed by atoms with Crippen molar-refractivity contribution in [3.8, 4) is 5.75 Å². The first-order valence-corrected chi connectivity index (χ1v) is 12.0. The number of rotatable bonds is 1. The number of ether oxygens (including phenoxy) is 1. The molecule has 2 unspecified atom stereocenters. The minimum absolute atomic E-state index is 0.00524. The SMILES string of the molecule is Nn1c2ccccc2c2c3c4c(n(C5=CC=CCC5)c3ccc21)C=CC1Oc2ccccc2C41. The topological polar surface area (TPSA) is 45.1 Å². The summed E-state index contributed by atoms with van der Waals surface area (Å²) in [5, 5.41) is 3.72. The van der Waals surface area contributed by atoms with Crippen LogP contribution in [-0.4, -0.2) is 15.3 Å². The monoisotopic (exact) mass is 441 g/mol. The van der Waals surface area contributed by atoms with Crippen LogP contribution in [0.15, 0.2) is 85.0 Å². The van der Waals surface area contributed by atoms with E-state index < -0.39 is 0 Å². The van der Waals surface area contributed by atoms with Gasteiger partial charge in [-0.2, -0.15) is 0 Å². The molecule has 34 heavy (non-hydrogen) atoms. The largest absolute Gasteiger partial charge is 0.485 e. The second kappa shape index (κ2) is 6.45. The van der Waals surface area contributed by atoms with Gasteiger partial charge in [0.2, 0.25) is 0 Å². The van der Waals surface area contributed by atoms with Gasteiger partial charge in [-0.1, -0.05) is 48.6 Å². The fourth-order valence-electron chi connectivity index (χ4n) is 6.37. The Morgan fingerprint density at radius 2 is 1.74 bits per heavy atom. The number of nitrogen functional groups attached to an aromatic ring is 1. The van der Waals surface area contributed by atoms with Gasteiger partial charge in [0.1, 0.15) is 11.9 Å². The molecule has 0 radical (unpaired) electrons. The Morgan fingerprint density at radius 3 is 2.65 bits per heavy atom. The molecule has 4 nitrogen and oxygen atoms in total. The van der Waals surface area contributed by atoms with Crippen LogP contribution < -0.4 is 10.6 Å². The van der Waals surface area contributed by atoms with E-state index in [1.807, 2.05) is 4.68 Å². The highest BCUT2D eigenvalue weighted by atomic mass is 16.5. The van der Waals surface area contributed by atoms with Crippen LogP contribution in [-0.2, 0) is 0 Å². The third-order valence-electron chi connectivity index (χ3n) is 7.76.